The van der Waals surface area contributed by atoms with Gasteiger partial charge in [0.25, 0.3) is 0 Å². The first kappa shape index (κ1) is 36.3. The number of fused-ring (bicyclic) bond motifs is 8. The smallest absolute Gasteiger partial charge is 0.159 e. The summed E-state index contributed by atoms with van der Waals surface area (Å²) in [4.78, 5) is 4.69. The normalized spacial score (nSPS) is 12.3. The minimum absolute atomic E-state index is 0.812. The van der Waals surface area contributed by atoms with E-state index < -0.39 is 0 Å². The Bertz CT molecular complexity index is 4410. The Labute approximate surface area is 383 Å². The number of rotatable bonds is 6. The van der Waals surface area contributed by atoms with Crippen molar-refractivity contribution >= 4 is 132 Å². The highest BCUT2D eigenvalue weighted by Gasteiger charge is 2.28. The molecule has 0 radical (unpaired) electrons. The van der Waals surface area contributed by atoms with E-state index in [1.54, 1.807) is 0 Å². The average Bonchev–Trinajstić information content (AvgIpc) is 3.96. The number of para-hydroxylation sites is 4. The van der Waals surface area contributed by atoms with Crippen molar-refractivity contribution in [3.05, 3.63) is 218 Å². The lowest BCUT2D eigenvalue weighted by Crippen LogP contribution is -2.12. The van der Waals surface area contributed by atoms with Gasteiger partial charge in [-0.15, -0.1) is 0 Å². The highest BCUT2D eigenvalue weighted by Crippen LogP contribution is 2.54. The molecule has 1 aliphatic heterocycles. The Hall–Kier alpha value is -9.06. The van der Waals surface area contributed by atoms with Gasteiger partial charge in [-0.05, 0) is 99.0 Å². The standard InChI is InChI=1S/C62H36N2O3/c1-3-14-39-32-43(30-28-37(39)12-1)63(51-21-9-18-48-46-16-5-7-23-54(46)66-61(48)51)45-34-41-26-27-42-35-53(50-20-11-25-56-60(50)59(42)58(41)57(36-45)65-56)64(44-31-29-38-13-2-4-15-40(38)33-44)52-22-10-19-49-47-17-6-8-24-55(47)67-62(49)52/h1-36H. The predicted molar refractivity (Wildman–Crippen MR) is 278 cm³/mol. The Morgan fingerprint density at radius 3 is 1.42 bits per heavy atom. The molecule has 2 aromatic heterocycles. The fourth-order valence-electron chi connectivity index (χ4n) is 10.9. The van der Waals surface area contributed by atoms with Crippen LogP contribution < -0.4 is 14.5 Å². The van der Waals surface area contributed by atoms with Crippen LogP contribution in [0.3, 0.4) is 0 Å². The molecule has 3 heterocycles. The summed E-state index contributed by atoms with van der Waals surface area (Å²) in [6.07, 6.45) is 0. The van der Waals surface area contributed by atoms with Gasteiger partial charge in [-0.3, -0.25) is 0 Å². The number of hydrogen-bond donors (Lipinski definition) is 0. The lowest BCUT2D eigenvalue weighted by Gasteiger charge is -2.30. The zero-order valence-electron chi connectivity index (χ0n) is 35.9. The summed E-state index contributed by atoms with van der Waals surface area (Å²) >= 11 is 0. The minimum atomic E-state index is 0.812. The van der Waals surface area contributed by atoms with Crippen LogP contribution in [0, 0.1) is 0 Å². The second kappa shape index (κ2) is 13.7. The molecule has 67 heavy (non-hydrogen) atoms. The van der Waals surface area contributed by atoms with Crippen LogP contribution in [0.2, 0.25) is 0 Å². The van der Waals surface area contributed by atoms with E-state index in [4.69, 9.17) is 13.6 Å². The largest absolute Gasteiger partial charge is 0.456 e. The van der Waals surface area contributed by atoms with Gasteiger partial charge >= 0.3 is 0 Å². The first-order valence-electron chi connectivity index (χ1n) is 22.7. The van der Waals surface area contributed by atoms with Gasteiger partial charge in [0.1, 0.15) is 22.7 Å². The maximum atomic E-state index is 7.18. The zero-order chi connectivity index (χ0) is 43.7. The van der Waals surface area contributed by atoms with Crippen molar-refractivity contribution in [3.63, 3.8) is 0 Å². The van der Waals surface area contributed by atoms with E-state index in [2.05, 4.69) is 210 Å². The molecule has 0 amide bonds. The monoisotopic (exact) mass is 856 g/mol. The number of benzene rings is 12. The van der Waals surface area contributed by atoms with Gasteiger partial charge in [0.2, 0.25) is 0 Å². The molecule has 15 rings (SSSR count). The Kier molecular flexibility index (Phi) is 7.44. The maximum absolute atomic E-state index is 7.18. The molecule has 0 saturated carbocycles. The average molecular weight is 857 g/mol. The number of nitrogens with zero attached hydrogens (tertiary/aromatic N) is 2. The van der Waals surface area contributed by atoms with Crippen molar-refractivity contribution in [2.45, 2.75) is 0 Å². The van der Waals surface area contributed by atoms with Gasteiger partial charge in [-0.25, -0.2) is 0 Å². The second-order valence-electron chi connectivity index (χ2n) is 17.6. The third kappa shape index (κ3) is 5.31. The van der Waals surface area contributed by atoms with Crippen molar-refractivity contribution in [2.75, 3.05) is 9.80 Å². The van der Waals surface area contributed by atoms with Gasteiger partial charge in [0, 0.05) is 60.5 Å². The molecule has 1 aliphatic rings. The van der Waals surface area contributed by atoms with Crippen LogP contribution in [0.1, 0.15) is 0 Å². The number of hydrogen-bond acceptors (Lipinski definition) is 5. The molecular formula is C62H36N2O3. The molecule has 5 nitrogen and oxygen atoms in total. The van der Waals surface area contributed by atoms with Gasteiger partial charge in [-0.1, -0.05) is 146 Å². The molecule has 0 saturated heterocycles. The lowest BCUT2D eigenvalue weighted by atomic mass is 9.91. The summed E-state index contributed by atoms with van der Waals surface area (Å²) in [6.45, 7) is 0. The highest BCUT2D eigenvalue weighted by atomic mass is 16.5. The number of ether oxygens (including phenoxy) is 1. The number of anilines is 6. The molecule has 0 bridgehead atoms. The van der Waals surface area contributed by atoms with Crippen molar-refractivity contribution < 1.29 is 13.6 Å². The van der Waals surface area contributed by atoms with Gasteiger partial charge in [0.05, 0.1) is 22.7 Å². The van der Waals surface area contributed by atoms with E-state index >= 15 is 0 Å². The summed E-state index contributed by atoms with van der Waals surface area (Å²) in [5, 5.41) is 15.7. The van der Waals surface area contributed by atoms with Crippen LogP contribution in [-0.4, -0.2) is 0 Å². The van der Waals surface area contributed by atoms with Crippen LogP contribution >= 0.6 is 0 Å². The fourth-order valence-corrected chi connectivity index (χ4v) is 10.9. The van der Waals surface area contributed by atoms with Crippen LogP contribution in [0.4, 0.5) is 34.1 Å². The molecular weight excluding hydrogens is 821 g/mol. The lowest BCUT2D eigenvalue weighted by molar-refractivity contribution is 0.493. The minimum Gasteiger partial charge on any atom is -0.456 e. The molecule has 0 N–H and O–H groups in total. The predicted octanol–water partition coefficient (Wildman–Crippen LogP) is 18.3. The first-order chi connectivity index (χ1) is 33.2. The molecule has 0 aliphatic carbocycles. The topological polar surface area (TPSA) is 42.0 Å². The zero-order valence-corrected chi connectivity index (χ0v) is 35.9. The Morgan fingerprint density at radius 2 is 0.761 bits per heavy atom. The Morgan fingerprint density at radius 1 is 0.269 bits per heavy atom. The van der Waals surface area contributed by atoms with Crippen LogP contribution in [0.15, 0.2) is 227 Å². The van der Waals surface area contributed by atoms with Gasteiger partial charge in [-0.2, -0.15) is 0 Å². The van der Waals surface area contributed by atoms with Crippen LogP contribution in [-0.2, 0) is 0 Å². The number of furan rings is 2. The third-order valence-electron chi connectivity index (χ3n) is 13.9. The van der Waals surface area contributed by atoms with E-state index in [0.29, 0.717) is 0 Å². The maximum Gasteiger partial charge on any atom is 0.159 e. The molecule has 12 aromatic carbocycles. The quantitative estimate of drug-likeness (QED) is 0.156. The SMILES string of the molecule is c1ccc2cc(N(c3cc4c5c(ccc6cc(N(c7ccc8ccccc8c7)c7cccc8c7oc7ccccc78)c7cccc(c7c65)O4)c3)c3cccc4c3oc3ccccc34)ccc2c1. The van der Waals surface area contributed by atoms with Crippen molar-refractivity contribution in [2.24, 2.45) is 0 Å². The summed E-state index contributed by atoms with van der Waals surface area (Å²) < 4.78 is 20.7. The van der Waals surface area contributed by atoms with E-state index in [1.807, 2.05) is 18.2 Å². The molecule has 14 aromatic rings. The van der Waals surface area contributed by atoms with E-state index in [-0.39, 0.29) is 0 Å². The van der Waals surface area contributed by atoms with Crippen molar-refractivity contribution in [1.29, 1.82) is 0 Å². The van der Waals surface area contributed by atoms with Gasteiger partial charge in [0.15, 0.2) is 11.2 Å². The van der Waals surface area contributed by atoms with Crippen molar-refractivity contribution in [3.8, 4) is 11.5 Å². The van der Waals surface area contributed by atoms with E-state index in [0.717, 1.165) is 127 Å². The molecule has 0 spiro atoms. The summed E-state index contributed by atoms with van der Waals surface area (Å²) in [5.74, 6) is 1.63. The summed E-state index contributed by atoms with van der Waals surface area (Å²) in [5.41, 5.74) is 9.39. The highest BCUT2D eigenvalue weighted by molar-refractivity contribution is 6.29. The second-order valence-corrected chi connectivity index (χ2v) is 17.6. The fraction of sp³-hybridized carbons (Fsp3) is 0. The third-order valence-corrected chi connectivity index (χ3v) is 13.9. The first-order valence-corrected chi connectivity index (χ1v) is 22.7. The van der Waals surface area contributed by atoms with Crippen molar-refractivity contribution in [1.82, 2.24) is 0 Å². The molecule has 0 fully saturated rings. The molecule has 312 valence electrons. The van der Waals surface area contributed by atoms with Gasteiger partial charge < -0.3 is 23.4 Å². The van der Waals surface area contributed by atoms with E-state index in [9.17, 15) is 0 Å². The molecule has 0 atom stereocenters. The van der Waals surface area contributed by atoms with E-state index in [1.165, 1.54) is 16.2 Å². The molecule has 0 unspecified atom stereocenters. The Balaban J connectivity index is 0.978. The molecule has 5 heteroatoms. The van der Waals surface area contributed by atoms with Crippen LogP contribution in [0.25, 0.3) is 97.7 Å². The summed E-state index contributed by atoms with van der Waals surface area (Å²) in [6, 6.07) is 77.8. The van der Waals surface area contributed by atoms with Crippen LogP contribution in [0.5, 0.6) is 11.5 Å². The summed E-state index contributed by atoms with van der Waals surface area (Å²) in [7, 11) is 0.